The quantitative estimate of drug-likeness (QED) is 0.754. The van der Waals surface area contributed by atoms with Gasteiger partial charge in [-0.1, -0.05) is 37.1 Å². The molecule has 0 aliphatic rings. The number of hydrogen-bond donors (Lipinski definition) is 2. The largest absolute Gasteiger partial charge is 0.355 e. The lowest BCUT2D eigenvalue weighted by molar-refractivity contribution is -0.122. The lowest BCUT2D eigenvalue weighted by Crippen LogP contribution is -2.43. The highest BCUT2D eigenvalue weighted by molar-refractivity contribution is 6.30. The Kier molecular flexibility index (Phi) is 6.89. The van der Waals surface area contributed by atoms with Crippen LogP contribution in [0.4, 0.5) is 0 Å². The second-order valence-electron chi connectivity index (χ2n) is 4.81. The molecule has 0 spiro atoms. The molecule has 0 saturated heterocycles. The highest BCUT2D eigenvalue weighted by Crippen LogP contribution is 2.16. The third kappa shape index (κ3) is 5.62. The fourth-order valence-corrected chi connectivity index (χ4v) is 1.97. The molecule has 0 radical (unpaired) electrons. The predicted octanol–water partition coefficient (Wildman–Crippen LogP) is 3.30. The molecule has 1 amide bonds. The van der Waals surface area contributed by atoms with E-state index in [0.29, 0.717) is 0 Å². The molecule has 0 bridgehead atoms. The number of hydrogen-bond acceptors (Lipinski definition) is 2. The molecule has 3 nitrogen and oxygen atoms in total. The van der Waals surface area contributed by atoms with Crippen molar-refractivity contribution in [1.82, 2.24) is 10.6 Å². The minimum absolute atomic E-state index is 0.0502. The van der Waals surface area contributed by atoms with Gasteiger partial charge in [0, 0.05) is 17.6 Å². The van der Waals surface area contributed by atoms with Crippen LogP contribution in [-0.4, -0.2) is 18.5 Å². The molecule has 0 saturated carbocycles. The Balaban J connectivity index is 2.44. The van der Waals surface area contributed by atoms with Crippen LogP contribution in [0.25, 0.3) is 0 Å². The van der Waals surface area contributed by atoms with Crippen molar-refractivity contribution in [3.8, 4) is 0 Å². The molecule has 4 heteroatoms. The first-order valence-corrected chi connectivity index (χ1v) is 7.21. The van der Waals surface area contributed by atoms with Crippen LogP contribution in [0.1, 0.15) is 45.2 Å². The summed E-state index contributed by atoms with van der Waals surface area (Å²) in [4.78, 5) is 11.8. The molecule has 106 valence electrons. The topological polar surface area (TPSA) is 41.1 Å². The number of rotatable bonds is 7. The standard InChI is InChI=1S/C15H23ClN2O/c1-4-5-10-17-15(19)12(3)18-11(2)13-6-8-14(16)9-7-13/h6-9,11-12,18H,4-5,10H2,1-3H3,(H,17,19)/t11-,12?/m0/s1. The Labute approximate surface area is 120 Å². The Bertz CT molecular complexity index is 392. The Morgan fingerprint density at radius 3 is 2.47 bits per heavy atom. The molecule has 0 heterocycles. The molecule has 0 aromatic heterocycles. The molecule has 0 fully saturated rings. The van der Waals surface area contributed by atoms with Crippen molar-refractivity contribution in [3.63, 3.8) is 0 Å². The van der Waals surface area contributed by atoms with E-state index in [1.165, 1.54) is 0 Å². The van der Waals surface area contributed by atoms with Crippen LogP contribution in [0.3, 0.4) is 0 Å². The highest BCUT2D eigenvalue weighted by atomic mass is 35.5. The van der Waals surface area contributed by atoms with Crippen LogP contribution in [0, 0.1) is 0 Å². The van der Waals surface area contributed by atoms with E-state index in [9.17, 15) is 4.79 Å². The molecule has 19 heavy (non-hydrogen) atoms. The van der Waals surface area contributed by atoms with Gasteiger partial charge in [-0.3, -0.25) is 10.1 Å². The fourth-order valence-electron chi connectivity index (χ4n) is 1.84. The van der Waals surface area contributed by atoms with Crippen molar-refractivity contribution in [2.24, 2.45) is 0 Å². The van der Waals surface area contributed by atoms with Crippen LogP contribution in [0.2, 0.25) is 5.02 Å². The number of carbonyl (C=O) groups is 1. The van der Waals surface area contributed by atoms with Crippen LogP contribution >= 0.6 is 11.6 Å². The summed E-state index contributed by atoms with van der Waals surface area (Å²) in [5.74, 6) is 0.0502. The molecule has 1 aromatic rings. The second-order valence-corrected chi connectivity index (χ2v) is 5.24. The van der Waals surface area contributed by atoms with E-state index in [-0.39, 0.29) is 18.0 Å². The van der Waals surface area contributed by atoms with Gasteiger partial charge in [0.15, 0.2) is 0 Å². The molecule has 2 N–H and O–H groups in total. The van der Waals surface area contributed by atoms with E-state index >= 15 is 0 Å². The Morgan fingerprint density at radius 2 is 1.89 bits per heavy atom. The first-order chi connectivity index (χ1) is 9.04. The van der Waals surface area contributed by atoms with Gasteiger partial charge in [0.1, 0.15) is 0 Å². The molecule has 0 aliphatic heterocycles. The zero-order valence-electron chi connectivity index (χ0n) is 11.9. The Morgan fingerprint density at radius 1 is 1.26 bits per heavy atom. The normalized spacial score (nSPS) is 13.9. The first-order valence-electron chi connectivity index (χ1n) is 6.83. The first kappa shape index (κ1) is 16.0. The number of carbonyl (C=O) groups excluding carboxylic acids is 1. The number of unbranched alkanes of at least 4 members (excludes halogenated alkanes) is 1. The average molecular weight is 283 g/mol. The minimum Gasteiger partial charge on any atom is -0.355 e. The molecular formula is C15H23ClN2O. The lowest BCUT2D eigenvalue weighted by atomic mass is 10.1. The lowest BCUT2D eigenvalue weighted by Gasteiger charge is -2.20. The van der Waals surface area contributed by atoms with Gasteiger partial charge in [0.05, 0.1) is 6.04 Å². The van der Waals surface area contributed by atoms with Crippen molar-refractivity contribution in [3.05, 3.63) is 34.9 Å². The fraction of sp³-hybridized carbons (Fsp3) is 0.533. The van der Waals surface area contributed by atoms with Crippen molar-refractivity contribution >= 4 is 17.5 Å². The van der Waals surface area contributed by atoms with Gasteiger partial charge in [-0.15, -0.1) is 0 Å². The summed E-state index contributed by atoms with van der Waals surface area (Å²) in [6.45, 7) is 6.78. The van der Waals surface area contributed by atoms with Crippen LogP contribution in [-0.2, 0) is 4.79 Å². The van der Waals surface area contributed by atoms with Crippen molar-refractivity contribution in [2.75, 3.05) is 6.54 Å². The number of halogens is 1. The summed E-state index contributed by atoms with van der Waals surface area (Å²) >= 11 is 5.86. The van der Waals surface area contributed by atoms with E-state index in [4.69, 9.17) is 11.6 Å². The van der Waals surface area contributed by atoms with Gasteiger partial charge < -0.3 is 5.32 Å². The highest BCUT2D eigenvalue weighted by Gasteiger charge is 2.15. The third-order valence-electron chi connectivity index (χ3n) is 3.09. The number of nitrogens with one attached hydrogen (secondary N) is 2. The molecule has 1 rings (SSSR count). The molecule has 2 atom stereocenters. The van der Waals surface area contributed by atoms with Crippen LogP contribution in [0.5, 0.6) is 0 Å². The molecule has 1 aromatic carbocycles. The monoisotopic (exact) mass is 282 g/mol. The van der Waals surface area contributed by atoms with Gasteiger partial charge >= 0.3 is 0 Å². The summed E-state index contributed by atoms with van der Waals surface area (Å²) in [7, 11) is 0. The summed E-state index contributed by atoms with van der Waals surface area (Å²) in [6, 6.07) is 7.58. The summed E-state index contributed by atoms with van der Waals surface area (Å²) < 4.78 is 0. The molecular weight excluding hydrogens is 260 g/mol. The zero-order chi connectivity index (χ0) is 14.3. The minimum atomic E-state index is -0.206. The third-order valence-corrected chi connectivity index (χ3v) is 3.34. The number of amides is 1. The smallest absolute Gasteiger partial charge is 0.236 e. The Hall–Kier alpha value is -1.06. The average Bonchev–Trinajstić information content (AvgIpc) is 2.39. The van der Waals surface area contributed by atoms with E-state index in [1.807, 2.05) is 38.1 Å². The van der Waals surface area contributed by atoms with E-state index in [1.54, 1.807) is 0 Å². The van der Waals surface area contributed by atoms with E-state index in [0.717, 1.165) is 30.0 Å². The van der Waals surface area contributed by atoms with Crippen LogP contribution < -0.4 is 10.6 Å². The molecule has 1 unspecified atom stereocenters. The SMILES string of the molecule is CCCCNC(=O)C(C)N[C@@H](C)c1ccc(Cl)cc1. The zero-order valence-corrected chi connectivity index (χ0v) is 12.6. The second kappa shape index (κ2) is 8.18. The van der Waals surface area contributed by atoms with Gasteiger partial charge in [-0.05, 0) is 38.0 Å². The maximum atomic E-state index is 11.8. The van der Waals surface area contributed by atoms with E-state index < -0.39 is 0 Å². The van der Waals surface area contributed by atoms with E-state index in [2.05, 4.69) is 17.6 Å². The predicted molar refractivity (Wildman–Crippen MR) is 80.4 cm³/mol. The van der Waals surface area contributed by atoms with Crippen molar-refractivity contribution < 1.29 is 4.79 Å². The molecule has 0 aliphatic carbocycles. The number of benzene rings is 1. The van der Waals surface area contributed by atoms with Gasteiger partial charge in [-0.25, -0.2) is 0 Å². The maximum absolute atomic E-state index is 11.8. The van der Waals surface area contributed by atoms with Crippen LogP contribution in [0.15, 0.2) is 24.3 Å². The van der Waals surface area contributed by atoms with Crippen molar-refractivity contribution in [1.29, 1.82) is 0 Å². The summed E-state index contributed by atoms with van der Waals surface area (Å²) in [5.41, 5.74) is 1.12. The summed E-state index contributed by atoms with van der Waals surface area (Å²) in [5, 5.41) is 6.94. The van der Waals surface area contributed by atoms with Crippen molar-refractivity contribution in [2.45, 2.75) is 45.7 Å². The van der Waals surface area contributed by atoms with Gasteiger partial charge in [0.2, 0.25) is 5.91 Å². The van der Waals surface area contributed by atoms with Gasteiger partial charge in [0.25, 0.3) is 0 Å². The van der Waals surface area contributed by atoms with Gasteiger partial charge in [-0.2, -0.15) is 0 Å². The maximum Gasteiger partial charge on any atom is 0.236 e. The summed E-state index contributed by atoms with van der Waals surface area (Å²) in [6.07, 6.45) is 2.11.